The lowest BCUT2D eigenvalue weighted by molar-refractivity contribution is 0.574. The van der Waals surface area contributed by atoms with Gasteiger partial charge in [-0.1, -0.05) is 6.92 Å². The topological polar surface area (TPSA) is 92.3 Å². The molecule has 0 aliphatic carbocycles. The molecule has 0 spiro atoms. The predicted octanol–water partition coefficient (Wildman–Crippen LogP) is 0.985. The fourth-order valence-corrected chi connectivity index (χ4v) is 4.62. The second-order valence-corrected chi connectivity index (χ2v) is 9.03. The zero-order valence-corrected chi connectivity index (χ0v) is 15.1. The molecule has 0 atom stereocenters. The quantitative estimate of drug-likeness (QED) is 0.683. The molecule has 0 bridgehead atoms. The molecule has 0 fully saturated rings. The Morgan fingerprint density at radius 2 is 1.55 bits per heavy atom. The number of nitrogens with one attached hydrogen (secondary N) is 2. The summed E-state index contributed by atoms with van der Waals surface area (Å²) in [6.07, 6.45) is 2.05. The lowest BCUT2D eigenvalue weighted by Gasteiger charge is -2.13. The number of sulfonamides is 1. The molecular formula is C14H24N2O4S2. The van der Waals surface area contributed by atoms with Crippen LogP contribution in [-0.4, -0.2) is 42.7 Å². The minimum atomic E-state index is -3.74. The number of benzene rings is 1. The molecule has 22 heavy (non-hydrogen) atoms. The standard InChI is InChI=1S/C14H24N2O4S2/c1-5-6-15-7-8-16-22(19,20)14-10-11(2)9-13(12(14)3)21(4,17)18/h9-10,15-16H,5-8H2,1-4H3. The summed E-state index contributed by atoms with van der Waals surface area (Å²) in [6.45, 7) is 6.82. The van der Waals surface area contributed by atoms with Crippen molar-refractivity contribution >= 4 is 19.9 Å². The van der Waals surface area contributed by atoms with Crippen molar-refractivity contribution in [2.75, 3.05) is 25.9 Å². The lowest BCUT2D eigenvalue weighted by atomic mass is 10.2. The molecule has 8 heteroatoms. The summed E-state index contributed by atoms with van der Waals surface area (Å²) >= 11 is 0. The van der Waals surface area contributed by atoms with E-state index in [9.17, 15) is 16.8 Å². The van der Waals surface area contributed by atoms with Crippen LogP contribution >= 0.6 is 0 Å². The van der Waals surface area contributed by atoms with Gasteiger partial charge in [-0.15, -0.1) is 0 Å². The van der Waals surface area contributed by atoms with Crippen molar-refractivity contribution in [3.8, 4) is 0 Å². The summed E-state index contributed by atoms with van der Waals surface area (Å²) in [5.41, 5.74) is 0.845. The first-order valence-corrected chi connectivity index (χ1v) is 10.5. The molecule has 126 valence electrons. The zero-order valence-electron chi connectivity index (χ0n) is 13.4. The maximum absolute atomic E-state index is 12.4. The highest BCUT2D eigenvalue weighted by Gasteiger charge is 2.22. The fourth-order valence-electron chi connectivity index (χ4n) is 2.11. The molecule has 2 N–H and O–H groups in total. The van der Waals surface area contributed by atoms with Gasteiger partial charge in [0.15, 0.2) is 9.84 Å². The third-order valence-electron chi connectivity index (χ3n) is 3.17. The van der Waals surface area contributed by atoms with Crippen molar-refractivity contribution < 1.29 is 16.8 Å². The predicted molar refractivity (Wildman–Crippen MR) is 87.4 cm³/mol. The average Bonchev–Trinajstić information content (AvgIpc) is 2.39. The van der Waals surface area contributed by atoms with Crippen molar-refractivity contribution in [3.05, 3.63) is 23.3 Å². The molecule has 0 unspecified atom stereocenters. The summed E-state index contributed by atoms with van der Waals surface area (Å²) < 4.78 is 50.8. The SMILES string of the molecule is CCCNCCNS(=O)(=O)c1cc(C)cc(S(C)(=O)=O)c1C. The van der Waals surface area contributed by atoms with Crippen LogP contribution in [0.4, 0.5) is 0 Å². The van der Waals surface area contributed by atoms with Gasteiger partial charge in [0, 0.05) is 19.3 Å². The van der Waals surface area contributed by atoms with Gasteiger partial charge in [0.25, 0.3) is 0 Å². The van der Waals surface area contributed by atoms with Gasteiger partial charge < -0.3 is 5.32 Å². The van der Waals surface area contributed by atoms with E-state index in [1.165, 1.54) is 19.1 Å². The van der Waals surface area contributed by atoms with Gasteiger partial charge in [0.2, 0.25) is 10.0 Å². The Bertz CT molecular complexity index is 725. The van der Waals surface area contributed by atoms with Crippen molar-refractivity contribution in [2.45, 2.75) is 37.0 Å². The van der Waals surface area contributed by atoms with Crippen molar-refractivity contribution in [1.82, 2.24) is 10.0 Å². The highest BCUT2D eigenvalue weighted by molar-refractivity contribution is 7.91. The van der Waals surface area contributed by atoms with Gasteiger partial charge in [-0.3, -0.25) is 0 Å². The van der Waals surface area contributed by atoms with Crippen LogP contribution in [0.3, 0.4) is 0 Å². The number of sulfone groups is 1. The summed E-state index contributed by atoms with van der Waals surface area (Å²) in [5, 5.41) is 3.10. The Balaban J connectivity index is 3.07. The molecular weight excluding hydrogens is 324 g/mol. The highest BCUT2D eigenvalue weighted by Crippen LogP contribution is 2.24. The van der Waals surface area contributed by atoms with Crippen molar-refractivity contribution in [3.63, 3.8) is 0 Å². The number of hydrogen-bond donors (Lipinski definition) is 2. The van der Waals surface area contributed by atoms with Gasteiger partial charge in [0.05, 0.1) is 9.79 Å². The summed E-state index contributed by atoms with van der Waals surface area (Å²) in [6, 6.07) is 2.98. The van der Waals surface area contributed by atoms with Gasteiger partial charge >= 0.3 is 0 Å². The average molecular weight is 348 g/mol. The molecule has 1 rings (SSSR count). The van der Waals surface area contributed by atoms with Gasteiger partial charge in [-0.25, -0.2) is 21.6 Å². The molecule has 0 aromatic heterocycles. The normalized spacial score (nSPS) is 12.5. The van der Waals surface area contributed by atoms with E-state index in [1.807, 2.05) is 6.92 Å². The van der Waals surface area contributed by atoms with Crippen molar-refractivity contribution in [2.24, 2.45) is 0 Å². The van der Waals surface area contributed by atoms with E-state index >= 15 is 0 Å². The summed E-state index contributed by atoms with van der Waals surface area (Å²) in [7, 11) is -7.21. The van der Waals surface area contributed by atoms with Crippen LogP contribution in [-0.2, 0) is 19.9 Å². The lowest BCUT2D eigenvalue weighted by Crippen LogP contribution is -2.32. The number of aryl methyl sites for hydroxylation is 1. The third-order valence-corrected chi connectivity index (χ3v) is 5.98. The number of hydrogen-bond acceptors (Lipinski definition) is 5. The summed E-state index contributed by atoms with van der Waals surface area (Å²) in [4.78, 5) is 0.0698. The van der Waals surface area contributed by atoms with Gasteiger partial charge in [-0.05, 0) is 50.1 Å². The van der Waals surface area contributed by atoms with E-state index in [0.29, 0.717) is 12.1 Å². The Morgan fingerprint density at radius 3 is 2.09 bits per heavy atom. The first-order chi connectivity index (χ1) is 10.1. The van der Waals surface area contributed by atoms with E-state index in [1.54, 1.807) is 6.92 Å². The fraction of sp³-hybridized carbons (Fsp3) is 0.571. The molecule has 0 saturated heterocycles. The monoisotopic (exact) mass is 348 g/mol. The van der Waals surface area contributed by atoms with Gasteiger partial charge in [-0.2, -0.15) is 0 Å². The highest BCUT2D eigenvalue weighted by atomic mass is 32.2. The Hall–Kier alpha value is -0.960. The van der Waals surface area contributed by atoms with Crippen LogP contribution in [0.2, 0.25) is 0 Å². The molecule has 0 saturated carbocycles. The Labute approximate surface area is 133 Å². The second-order valence-electron chi connectivity index (χ2n) is 5.31. The van der Waals surface area contributed by atoms with Crippen LogP contribution in [0.1, 0.15) is 24.5 Å². The second kappa shape index (κ2) is 7.54. The molecule has 0 aliphatic heterocycles. The summed E-state index contributed by atoms with van der Waals surface area (Å²) in [5.74, 6) is 0. The van der Waals surface area contributed by atoms with Crippen molar-refractivity contribution in [1.29, 1.82) is 0 Å². The van der Waals surface area contributed by atoms with E-state index < -0.39 is 19.9 Å². The minimum absolute atomic E-state index is 0.0171. The first kappa shape index (κ1) is 19.1. The van der Waals surface area contributed by atoms with Crippen LogP contribution in [0.25, 0.3) is 0 Å². The molecule has 0 amide bonds. The Kier molecular flexibility index (Phi) is 6.54. The minimum Gasteiger partial charge on any atom is -0.315 e. The van der Waals surface area contributed by atoms with Crippen LogP contribution in [0, 0.1) is 13.8 Å². The van der Waals surface area contributed by atoms with E-state index in [2.05, 4.69) is 10.0 Å². The van der Waals surface area contributed by atoms with E-state index in [4.69, 9.17) is 0 Å². The van der Waals surface area contributed by atoms with Crippen LogP contribution < -0.4 is 10.0 Å². The molecule has 6 nitrogen and oxygen atoms in total. The molecule has 0 heterocycles. The number of rotatable bonds is 8. The maximum atomic E-state index is 12.4. The first-order valence-electron chi connectivity index (χ1n) is 7.11. The molecule has 1 aromatic rings. The third kappa shape index (κ3) is 5.05. The van der Waals surface area contributed by atoms with E-state index in [-0.39, 0.29) is 21.9 Å². The molecule has 0 radical (unpaired) electrons. The molecule has 1 aromatic carbocycles. The zero-order chi connectivity index (χ0) is 17.0. The van der Waals surface area contributed by atoms with Crippen LogP contribution in [0.15, 0.2) is 21.9 Å². The largest absolute Gasteiger partial charge is 0.315 e. The van der Waals surface area contributed by atoms with Crippen LogP contribution in [0.5, 0.6) is 0 Å². The smallest absolute Gasteiger partial charge is 0.240 e. The van der Waals surface area contributed by atoms with E-state index in [0.717, 1.165) is 19.2 Å². The van der Waals surface area contributed by atoms with Gasteiger partial charge in [0.1, 0.15) is 0 Å². The maximum Gasteiger partial charge on any atom is 0.240 e. The molecule has 0 aliphatic rings. The Morgan fingerprint density at radius 1 is 0.955 bits per heavy atom.